The Morgan fingerprint density at radius 1 is 1.00 bits per heavy atom. The number of ether oxygens (including phenoxy) is 1. The van der Waals surface area contributed by atoms with Crippen molar-refractivity contribution in [2.75, 3.05) is 17.4 Å². The van der Waals surface area contributed by atoms with E-state index in [0.29, 0.717) is 0 Å². The molecular formula is C25H25N3O2. The summed E-state index contributed by atoms with van der Waals surface area (Å²) >= 11 is 0. The number of rotatable bonds is 4. The molecule has 0 aromatic heterocycles. The third-order valence-electron chi connectivity index (χ3n) is 6.06. The number of amides is 1. The molecule has 2 atom stereocenters. The molecule has 0 saturated carbocycles. The summed E-state index contributed by atoms with van der Waals surface area (Å²) < 4.78 is 5.46. The Labute approximate surface area is 176 Å². The lowest BCUT2D eigenvalue weighted by atomic mass is 9.95. The van der Waals surface area contributed by atoms with Crippen LogP contribution in [0.2, 0.25) is 0 Å². The maximum atomic E-state index is 13.5. The molecule has 3 aromatic carbocycles. The molecule has 152 valence electrons. The van der Waals surface area contributed by atoms with Crippen LogP contribution in [0.4, 0.5) is 11.4 Å². The molecule has 5 rings (SSSR count). The fourth-order valence-electron chi connectivity index (χ4n) is 4.66. The Balaban J connectivity index is 1.63. The zero-order chi connectivity index (χ0) is 20.7. The highest BCUT2D eigenvalue weighted by Crippen LogP contribution is 2.44. The molecule has 5 nitrogen and oxygen atoms in total. The van der Waals surface area contributed by atoms with Crippen molar-refractivity contribution >= 4 is 17.3 Å². The van der Waals surface area contributed by atoms with Crippen molar-refractivity contribution in [3.05, 3.63) is 89.5 Å². The summed E-state index contributed by atoms with van der Waals surface area (Å²) in [5.74, 6) is 0.952. The first-order chi connectivity index (χ1) is 14.7. The van der Waals surface area contributed by atoms with E-state index in [4.69, 9.17) is 4.74 Å². The average Bonchev–Trinajstić information content (AvgIpc) is 3.06. The second-order valence-electron chi connectivity index (χ2n) is 7.88. The van der Waals surface area contributed by atoms with Crippen molar-refractivity contribution in [3.8, 4) is 5.75 Å². The second-order valence-corrected chi connectivity index (χ2v) is 7.88. The van der Waals surface area contributed by atoms with Gasteiger partial charge in [0, 0.05) is 5.69 Å². The number of aryl methyl sites for hydroxylation is 2. The van der Waals surface area contributed by atoms with E-state index >= 15 is 0 Å². The molecule has 1 fully saturated rings. The van der Waals surface area contributed by atoms with Gasteiger partial charge in [-0.15, -0.1) is 0 Å². The van der Waals surface area contributed by atoms with Crippen molar-refractivity contribution in [2.45, 2.75) is 32.0 Å². The number of carbonyl (C=O) groups excluding carboxylic acids is 1. The Kier molecular flexibility index (Phi) is 4.58. The number of para-hydroxylation sites is 2. The fourth-order valence-corrected chi connectivity index (χ4v) is 4.66. The minimum Gasteiger partial charge on any atom is -0.496 e. The maximum absolute atomic E-state index is 13.5. The number of hydrazine groups is 1. The van der Waals surface area contributed by atoms with E-state index in [2.05, 4.69) is 46.7 Å². The summed E-state index contributed by atoms with van der Waals surface area (Å²) in [6.45, 7) is 2.04. The number of carbonyl (C=O) groups is 1. The number of nitrogens with one attached hydrogen (secondary N) is 1. The number of benzene rings is 3. The Hall–Kier alpha value is -3.47. The summed E-state index contributed by atoms with van der Waals surface area (Å²) in [4.78, 5) is 15.8. The molecule has 0 spiro atoms. The van der Waals surface area contributed by atoms with E-state index in [9.17, 15) is 4.79 Å². The third kappa shape index (κ3) is 2.98. The van der Waals surface area contributed by atoms with E-state index in [1.54, 1.807) is 12.1 Å². The van der Waals surface area contributed by atoms with Crippen LogP contribution in [0.1, 0.15) is 29.3 Å². The molecule has 0 radical (unpaired) electrons. The van der Waals surface area contributed by atoms with Gasteiger partial charge in [0.1, 0.15) is 11.8 Å². The summed E-state index contributed by atoms with van der Waals surface area (Å²) in [5.41, 5.74) is 8.82. The number of methoxy groups -OCH3 is 1. The highest BCUT2D eigenvalue weighted by atomic mass is 16.5. The van der Waals surface area contributed by atoms with Crippen LogP contribution >= 0.6 is 0 Å². The predicted octanol–water partition coefficient (Wildman–Crippen LogP) is 4.69. The highest BCUT2D eigenvalue weighted by Gasteiger charge is 2.49. The molecule has 0 aliphatic carbocycles. The largest absolute Gasteiger partial charge is 0.496 e. The summed E-state index contributed by atoms with van der Waals surface area (Å²) in [6, 6.07) is 24.3. The van der Waals surface area contributed by atoms with Gasteiger partial charge < -0.3 is 9.64 Å². The van der Waals surface area contributed by atoms with E-state index in [-0.39, 0.29) is 18.1 Å². The zero-order valence-corrected chi connectivity index (χ0v) is 17.2. The van der Waals surface area contributed by atoms with Crippen molar-refractivity contribution in [2.24, 2.45) is 0 Å². The number of nitrogens with zero attached hydrogens (tertiary/aromatic N) is 2. The molecule has 3 aromatic rings. The molecule has 1 saturated heterocycles. The summed E-state index contributed by atoms with van der Waals surface area (Å²) in [5, 5.41) is 1.79. The number of hydrogen-bond acceptors (Lipinski definition) is 4. The Morgan fingerprint density at radius 2 is 1.77 bits per heavy atom. The first kappa shape index (κ1) is 18.6. The quantitative estimate of drug-likeness (QED) is 0.691. The molecule has 30 heavy (non-hydrogen) atoms. The molecule has 2 unspecified atom stereocenters. The standard InChI is InChI=1S/C25H25N3O2/c1-17-16-19(13-15-23(17)30-2)24-27-21-11-7-6-8-18(21)12-14-22(27)25(29)28(24)26-20-9-4-3-5-10-20/h3-11,13,15-16,22,24,26H,12,14H2,1-2H3. The van der Waals surface area contributed by atoms with Crippen LogP contribution in [0.15, 0.2) is 72.8 Å². The van der Waals surface area contributed by atoms with Crippen LogP contribution in [0.25, 0.3) is 0 Å². The molecule has 1 amide bonds. The molecule has 2 aliphatic rings. The first-order valence-corrected chi connectivity index (χ1v) is 10.3. The van der Waals surface area contributed by atoms with Crippen molar-refractivity contribution in [3.63, 3.8) is 0 Å². The molecular weight excluding hydrogens is 374 g/mol. The predicted molar refractivity (Wildman–Crippen MR) is 118 cm³/mol. The lowest BCUT2D eigenvalue weighted by Crippen LogP contribution is -2.38. The minimum absolute atomic E-state index is 0.104. The lowest BCUT2D eigenvalue weighted by molar-refractivity contribution is -0.128. The lowest BCUT2D eigenvalue weighted by Gasteiger charge is -2.37. The van der Waals surface area contributed by atoms with Gasteiger partial charge in [-0.1, -0.05) is 42.5 Å². The van der Waals surface area contributed by atoms with E-state index < -0.39 is 0 Å². The van der Waals surface area contributed by atoms with Gasteiger partial charge in [-0.2, -0.15) is 0 Å². The van der Waals surface area contributed by atoms with Crippen LogP contribution in [0.5, 0.6) is 5.75 Å². The first-order valence-electron chi connectivity index (χ1n) is 10.3. The topological polar surface area (TPSA) is 44.8 Å². The normalized spacial score (nSPS) is 20.0. The van der Waals surface area contributed by atoms with Crippen LogP contribution in [0, 0.1) is 6.92 Å². The summed E-state index contributed by atoms with van der Waals surface area (Å²) in [7, 11) is 1.68. The van der Waals surface area contributed by atoms with Gasteiger partial charge in [0.2, 0.25) is 0 Å². The minimum atomic E-state index is -0.242. The molecule has 2 aliphatic heterocycles. The Morgan fingerprint density at radius 3 is 2.53 bits per heavy atom. The van der Waals surface area contributed by atoms with E-state index in [1.807, 2.05) is 43.3 Å². The molecule has 5 heteroatoms. The highest BCUT2D eigenvalue weighted by molar-refractivity contribution is 5.92. The maximum Gasteiger partial charge on any atom is 0.265 e. The van der Waals surface area contributed by atoms with Gasteiger partial charge in [-0.05, 0) is 66.8 Å². The van der Waals surface area contributed by atoms with Gasteiger partial charge in [-0.25, -0.2) is 5.01 Å². The monoisotopic (exact) mass is 399 g/mol. The van der Waals surface area contributed by atoms with Gasteiger partial charge in [0.15, 0.2) is 6.17 Å². The Bertz CT molecular complexity index is 1080. The van der Waals surface area contributed by atoms with Gasteiger partial charge in [0.25, 0.3) is 5.91 Å². The third-order valence-corrected chi connectivity index (χ3v) is 6.06. The van der Waals surface area contributed by atoms with Crippen molar-refractivity contribution in [1.29, 1.82) is 0 Å². The van der Waals surface area contributed by atoms with Gasteiger partial charge >= 0.3 is 0 Å². The van der Waals surface area contributed by atoms with Crippen LogP contribution in [0.3, 0.4) is 0 Å². The van der Waals surface area contributed by atoms with Gasteiger partial charge in [0.05, 0.1) is 12.8 Å². The summed E-state index contributed by atoms with van der Waals surface area (Å²) in [6.07, 6.45) is 1.49. The SMILES string of the molecule is COc1ccc(C2N(Nc3ccccc3)C(=O)C3CCc4ccccc4N32)cc1C. The van der Waals surface area contributed by atoms with E-state index in [0.717, 1.165) is 41.1 Å². The molecule has 0 bridgehead atoms. The van der Waals surface area contributed by atoms with Gasteiger partial charge in [-0.3, -0.25) is 10.2 Å². The smallest absolute Gasteiger partial charge is 0.265 e. The van der Waals surface area contributed by atoms with E-state index in [1.165, 1.54) is 5.56 Å². The average molecular weight is 399 g/mol. The zero-order valence-electron chi connectivity index (χ0n) is 17.2. The van der Waals surface area contributed by atoms with Crippen molar-refractivity contribution < 1.29 is 9.53 Å². The van der Waals surface area contributed by atoms with Crippen LogP contribution in [-0.2, 0) is 11.2 Å². The number of hydrogen-bond donors (Lipinski definition) is 1. The number of anilines is 2. The van der Waals surface area contributed by atoms with Crippen LogP contribution < -0.4 is 15.1 Å². The number of fused-ring (bicyclic) bond motifs is 3. The van der Waals surface area contributed by atoms with Crippen molar-refractivity contribution in [1.82, 2.24) is 5.01 Å². The fraction of sp³-hybridized carbons (Fsp3) is 0.240. The van der Waals surface area contributed by atoms with Crippen LogP contribution in [-0.4, -0.2) is 24.1 Å². The molecule has 2 heterocycles. The molecule has 1 N–H and O–H groups in total. The second kappa shape index (κ2) is 7.41.